The number of nitrogens with one attached hydrogen (secondary N) is 2. The fourth-order valence-corrected chi connectivity index (χ4v) is 4.19. The van der Waals surface area contributed by atoms with Gasteiger partial charge in [0.05, 0.1) is 0 Å². The van der Waals surface area contributed by atoms with Gasteiger partial charge in [0, 0.05) is 44.9 Å². The fourth-order valence-electron chi connectivity index (χ4n) is 4.19. The maximum absolute atomic E-state index is 13.6. The standard InChI is InChI=1S/C22H31FN6/c1-24-21(26-16-22(11-12-22)17-7-5-8-18(23)15-17)25-13-6-10-20-28-27-19-9-3-2-4-14-29(19)20/h5,7-8,15H,2-4,6,9-14,16H2,1H3,(H2,24,25,26). The highest BCUT2D eigenvalue weighted by Gasteiger charge is 2.44. The van der Waals surface area contributed by atoms with Crippen molar-refractivity contribution in [2.24, 2.45) is 4.99 Å². The molecule has 0 saturated heterocycles. The molecule has 29 heavy (non-hydrogen) atoms. The molecular weight excluding hydrogens is 367 g/mol. The van der Waals surface area contributed by atoms with Gasteiger partial charge in [-0.25, -0.2) is 4.39 Å². The van der Waals surface area contributed by atoms with Gasteiger partial charge in [0.25, 0.3) is 0 Å². The Morgan fingerprint density at radius 1 is 1.21 bits per heavy atom. The van der Waals surface area contributed by atoms with E-state index in [0.29, 0.717) is 0 Å². The van der Waals surface area contributed by atoms with E-state index in [1.54, 1.807) is 19.2 Å². The summed E-state index contributed by atoms with van der Waals surface area (Å²) < 4.78 is 15.9. The molecule has 0 amide bonds. The Kier molecular flexibility index (Phi) is 6.11. The Labute approximate surface area is 172 Å². The first-order valence-electron chi connectivity index (χ1n) is 10.8. The first-order chi connectivity index (χ1) is 14.2. The van der Waals surface area contributed by atoms with E-state index >= 15 is 0 Å². The molecule has 4 rings (SSSR count). The summed E-state index contributed by atoms with van der Waals surface area (Å²) >= 11 is 0. The average Bonchev–Trinajstić information content (AvgIpc) is 3.48. The van der Waals surface area contributed by atoms with E-state index in [0.717, 1.165) is 74.9 Å². The summed E-state index contributed by atoms with van der Waals surface area (Å²) in [5.74, 6) is 2.89. The van der Waals surface area contributed by atoms with Gasteiger partial charge in [0.1, 0.15) is 17.5 Å². The Balaban J connectivity index is 1.23. The van der Waals surface area contributed by atoms with Crippen LogP contribution in [0.3, 0.4) is 0 Å². The molecule has 1 aliphatic heterocycles. The first kappa shape index (κ1) is 19.9. The molecule has 6 nitrogen and oxygen atoms in total. The summed E-state index contributed by atoms with van der Waals surface area (Å²) in [5.41, 5.74) is 1.12. The third-order valence-corrected chi connectivity index (χ3v) is 6.16. The molecule has 0 bridgehead atoms. The predicted octanol–water partition coefficient (Wildman–Crippen LogP) is 2.97. The number of aliphatic imine (C=N–C) groups is 1. The lowest BCUT2D eigenvalue weighted by Crippen LogP contribution is -2.41. The van der Waals surface area contributed by atoms with Crippen molar-refractivity contribution >= 4 is 5.96 Å². The van der Waals surface area contributed by atoms with Crippen molar-refractivity contribution in [2.45, 2.75) is 63.3 Å². The Morgan fingerprint density at radius 3 is 2.90 bits per heavy atom. The predicted molar refractivity (Wildman–Crippen MR) is 113 cm³/mol. The highest BCUT2D eigenvalue weighted by molar-refractivity contribution is 5.79. The molecule has 0 unspecified atom stereocenters. The summed E-state index contributed by atoms with van der Waals surface area (Å²) in [6.45, 7) is 2.65. The number of aryl methyl sites for hydroxylation is 2. The minimum Gasteiger partial charge on any atom is -0.356 e. The minimum atomic E-state index is -0.164. The van der Waals surface area contributed by atoms with Crippen molar-refractivity contribution in [2.75, 3.05) is 20.1 Å². The molecule has 2 aliphatic rings. The lowest BCUT2D eigenvalue weighted by atomic mass is 9.96. The van der Waals surface area contributed by atoms with E-state index in [4.69, 9.17) is 0 Å². The van der Waals surface area contributed by atoms with Gasteiger partial charge in [0.15, 0.2) is 5.96 Å². The fraction of sp³-hybridized carbons (Fsp3) is 0.591. The van der Waals surface area contributed by atoms with Crippen molar-refractivity contribution in [1.29, 1.82) is 0 Å². The largest absolute Gasteiger partial charge is 0.356 e. The average molecular weight is 399 g/mol. The van der Waals surface area contributed by atoms with Crippen LogP contribution in [0.2, 0.25) is 0 Å². The van der Waals surface area contributed by atoms with E-state index in [-0.39, 0.29) is 11.2 Å². The second-order valence-corrected chi connectivity index (χ2v) is 8.24. The number of rotatable bonds is 7. The molecule has 0 atom stereocenters. The molecule has 0 spiro atoms. The van der Waals surface area contributed by atoms with Gasteiger partial charge in [-0.15, -0.1) is 10.2 Å². The molecular formula is C22H31FN6. The van der Waals surface area contributed by atoms with Gasteiger partial charge in [0.2, 0.25) is 0 Å². The smallest absolute Gasteiger partial charge is 0.191 e. The molecule has 2 aromatic rings. The number of fused-ring (bicyclic) bond motifs is 1. The molecule has 7 heteroatoms. The van der Waals surface area contributed by atoms with E-state index in [1.807, 2.05) is 6.07 Å². The van der Waals surface area contributed by atoms with Crippen molar-refractivity contribution in [3.63, 3.8) is 0 Å². The van der Waals surface area contributed by atoms with E-state index in [2.05, 4.69) is 30.4 Å². The van der Waals surface area contributed by atoms with Gasteiger partial charge in [-0.1, -0.05) is 18.6 Å². The number of hydrogen-bond acceptors (Lipinski definition) is 3. The second-order valence-electron chi connectivity index (χ2n) is 8.24. The van der Waals surface area contributed by atoms with E-state index < -0.39 is 0 Å². The Morgan fingerprint density at radius 2 is 2.10 bits per heavy atom. The van der Waals surface area contributed by atoms with Gasteiger partial charge in [-0.3, -0.25) is 4.99 Å². The summed E-state index contributed by atoms with van der Waals surface area (Å²) in [4.78, 5) is 4.33. The van der Waals surface area contributed by atoms with Crippen LogP contribution in [0, 0.1) is 5.82 Å². The molecule has 0 radical (unpaired) electrons. The summed E-state index contributed by atoms with van der Waals surface area (Å²) in [5, 5.41) is 15.6. The van der Waals surface area contributed by atoms with Crippen LogP contribution in [-0.4, -0.2) is 40.9 Å². The first-order valence-corrected chi connectivity index (χ1v) is 10.8. The molecule has 2 N–H and O–H groups in total. The van der Waals surface area contributed by atoms with Crippen LogP contribution in [-0.2, 0) is 24.8 Å². The lowest BCUT2D eigenvalue weighted by molar-refractivity contribution is 0.591. The maximum atomic E-state index is 13.6. The number of nitrogens with zero attached hydrogens (tertiary/aromatic N) is 4. The SMILES string of the molecule is CN=C(NCCCc1nnc2n1CCCCC2)NCC1(c2cccc(F)c2)CC1. The van der Waals surface area contributed by atoms with Crippen molar-refractivity contribution in [3.8, 4) is 0 Å². The number of halogens is 1. The molecule has 1 aliphatic carbocycles. The minimum absolute atomic E-state index is 0.0405. The molecule has 1 aromatic heterocycles. The quantitative estimate of drug-likeness (QED) is 0.427. The monoisotopic (exact) mass is 398 g/mol. The van der Waals surface area contributed by atoms with Gasteiger partial charge < -0.3 is 15.2 Å². The lowest BCUT2D eigenvalue weighted by Gasteiger charge is -2.19. The van der Waals surface area contributed by atoms with Gasteiger partial charge in [-0.2, -0.15) is 0 Å². The maximum Gasteiger partial charge on any atom is 0.191 e. The summed E-state index contributed by atoms with van der Waals surface area (Å²) in [6, 6.07) is 6.98. The molecule has 1 saturated carbocycles. The molecule has 1 fully saturated rings. The van der Waals surface area contributed by atoms with Crippen molar-refractivity contribution in [1.82, 2.24) is 25.4 Å². The third-order valence-electron chi connectivity index (χ3n) is 6.16. The van der Waals surface area contributed by atoms with Crippen LogP contribution in [0.15, 0.2) is 29.3 Å². The summed E-state index contributed by atoms with van der Waals surface area (Å²) in [7, 11) is 1.79. The van der Waals surface area contributed by atoms with Crippen LogP contribution >= 0.6 is 0 Å². The number of guanidine groups is 1. The van der Waals surface area contributed by atoms with Crippen LogP contribution in [0.5, 0.6) is 0 Å². The number of hydrogen-bond donors (Lipinski definition) is 2. The van der Waals surface area contributed by atoms with E-state index in [1.165, 1.54) is 25.3 Å². The third kappa shape index (κ3) is 4.77. The Bertz CT molecular complexity index is 855. The number of benzene rings is 1. The van der Waals surface area contributed by atoms with Crippen LogP contribution in [0.25, 0.3) is 0 Å². The van der Waals surface area contributed by atoms with Crippen molar-refractivity contribution in [3.05, 3.63) is 47.3 Å². The normalized spacial score (nSPS) is 18.1. The molecule has 2 heterocycles. The molecule has 1 aromatic carbocycles. The summed E-state index contributed by atoms with van der Waals surface area (Å²) in [6.07, 6.45) is 8.84. The zero-order valence-electron chi connectivity index (χ0n) is 17.3. The highest BCUT2D eigenvalue weighted by Crippen LogP contribution is 2.47. The van der Waals surface area contributed by atoms with Crippen LogP contribution in [0.1, 0.15) is 55.7 Å². The zero-order valence-corrected chi connectivity index (χ0v) is 17.3. The highest BCUT2D eigenvalue weighted by atomic mass is 19.1. The number of aromatic nitrogens is 3. The Hall–Kier alpha value is -2.44. The topological polar surface area (TPSA) is 67.1 Å². The van der Waals surface area contributed by atoms with Gasteiger partial charge in [-0.05, 0) is 49.8 Å². The van der Waals surface area contributed by atoms with Crippen LogP contribution < -0.4 is 10.6 Å². The molecule has 156 valence electrons. The van der Waals surface area contributed by atoms with Gasteiger partial charge >= 0.3 is 0 Å². The van der Waals surface area contributed by atoms with Crippen molar-refractivity contribution < 1.29 is 4.39 Å². The van der Waals surface area contributed by atoms with Crippen LogP contribution in [0.4, 0.5) is 4.39 Å². The second kappa shape index (κ2) is 8.93. The zero-order chi connectivity index (χ0) is 20.1. The van der Waals surface area contributed by atoms with E-state index in [9.17, 15) is 4.39 Å².